The molecule has 0 aromatic heterocycles. The van der Waals surface area contributed by atoms with Gasteiger partial charge in [0.15, 0.2) is 0 Å². The number of rotatable bonds is 3. The van der Waals surface area contributed by atoms with E-state index in [4.69, 9.17) is 0 Å². The maximum atomic E-state index is 11.1. The number of ether oxygens (including phenoxy) is 1. The lowest BCUT2D eigenvalue weighted by molar-refractivity contribution is -0.134. The van der Waals surface area contributed by atoms with E-state index in [9.17, 15) is 4.79 Å². The van der Waals surface area contributed by atoms with E-state index in [2.05, 4.69) is 15.7 Å². The van der Waals surface area contributed by atoms with Gasteiger partial charge in [-0.3, -0.25) is 0 Å². The van der Waals surface area contributed by atoms with Crippen molar-refractivity contribution in [3.05, 3.63) is 35.9 Å². The van der Waals surface area contributed by atoms with Crippen LogP contribution in [0.25, 0.3) is 6.08 Å². The molecule has 0 atom stereocenters. The van der Waals surface area contributed by atoms with Gasteiger partial charge in [0.25, 0.3) is 0 Å². The van der Waals surface area contributed by atoms with Crippen molar-refractivity contribution in [2.75, 3.05) is 25.1 Å². The molecular weight excluding hydrogens is 214 g/mol. The molecule has 3 heteroatoms. The van der Waals surface area contributed by atoms with Gasteiger partial charge in [-0.15, -0.1) is 0 Å². The largest absolute Gasteiger partial charge is 0.466 e. The molecule has 1 aliphatic rings. The Balaban J connectivity index is 2.21. The second-order valence-corrected chi connectivity index (χ2v) is 4.11. The van der Waals surface area contributed by atoms with Gasteiger partial charge in [-0.1, -0.05) is 18.2 Å². The molecule has 0 N–H and O–H groups in total. The molecule has 1 aromatic carbocycles. The van der Waals surface area contributed by atoms with Crippen LogP contribution >= 0.6 is 0 Å². The fraction of sp³-hybridized carbons (Fsp3) is 0.357. The van der Waals surface area contributed by atoms with Crippen LogP contribution in [-0.4, -0.2) is 26.2 Å². The smallest absolute Gasteiger partial charge is 0.330 e. The van der Waals surface area contributed by atoms with Crippen LogP contribution in [0, 0.1) is 0 Å². The molecule has 0 spiro atoms. The molecule has 1 aromatic rings. The molecule has 2 rings (SSSR count). The summed E-state index contributed by atoms with van der Waals surface area (Å²) in [5.41, 5.74) is 2.27. The Bertz CT molecular complexity index is 420. The summed E-state index contributed by atoms with van der Waals surface area (Å²) in [6.07, 6.45) is 5.78. The number of hydrogen-bond donors (Lipinski definition) is 0. The lowest BCUT2D eigenvalue weighted by Crippen LogP contribution is -2.18. The second-order valence-electron chi connectivity index (χ2n) is 4.11. The summed E-state index contributed by atoms with van der Waals surface area (Å²) in [5, 5.41) is 0. The van der Waals surface area contributed by atoms with Gasteiger partial charge >= 0.3 is 5.97 Å². The number of carbonyl (C=O) groups excluding carboxylic acids is 1. The Hall–Kier alpha value is -1.77. The van der Waals surface area contributed by atoms with E-state index in [-0.39, 0.29) is 5.97 Å². The number of anilines is 1. The molecule has 90 valence electrons. The zero-order valence-electron chi connectivity index (χ0n) is 10.1. The standard InChI is InChI=1S/C14H17NO2/c1-17-14(16)9-8-12-6-2-3-7-13(12)15-10-4-5-11-15/h2-3,6-9H,4-5,10-11H2,1H3. The van der Waals surface area contributed by atoms with Crippen LogP contribution in [-0.2, 0) is 9.53 Å². The van der Waals surface area contributed by atoms with Crippen LogP contribution in [0.1, 0.15) is 18.4 Å². The number of para-hydroxylation sites is 1. The third kappa shape index (κ3) is 2.87. The number of nitrogens with zero attached hydrogens (tertiary/aromatic N) is 1. The van der Waals surface area contributed by atoms with Crippen molar-refractivity contribution in [2.45, 2.75) is 12.8 Å². The summed E-state index contributed by atoms with van der Waals surface area (Å²) < 4.78 is 4.60. The Kier molecular flexibility index (Phi) is 3.81. The zero-order valence-corrected chi connectivity index (χ0v) is 10.1. The molecular formula is C14H17NO2. The summed E-state index contributed by atoms with van der Waals surface area (Å²) in [5.74, 6) is -0.318. The summed E-state index contributed by atoms with van der Waals surface area (Å²) in [6.45, 7) is 2.20. The molecule has 0 saturated carbocycles. The van der Waals surface area contributed by atoms with Gasteiger partial charge in [-0.2, -0.15) is 0 Å². The van der Waals surface area contributed by atoms with Gasteiger partial charge < -0.3 is 9.64 Å². The van der Waals surface area contributed by atoms with Gasteiger partial charge in [0.05, 0.1) is 7.11 Å². The van der Waals surface area contributed by atoms with Crippen LogP contribution in [0.15, 0.2) is 30.3 Å². The molecule has 3 nitrogen and oxygen atoms in total. The summed E-state index contributed by atoms with van der Waals surface area (Å²) >= 11 is 0. The average molecular weight is 231 g/mol. The van der Waals surface area contributed by atoms with Gasteiger partial charge in [0.1, 0.15) is 0 Å². The van der Waals surface area contributed by atoms with Crippen LogP contribution in [0.2, 0.25) is 0 Å². The van der Waals surface area contributed by atoms with E-state index in [1.165, 1.54) is 31.7 Å². The van der Waals surface area contributed by atoms with E-state index in [1.54, 1.807) is 0 Å². The molecule has 0 bridgehead atoms. The average Bonchev–Trinajstić information content (AvgIpc) is 2.90. The Morgan fingerprint density at radius 3 is 2.71 bits per heavy atom. The molecule has 1 fully saturated rings. The normalized spacial score (nSPS) is 15.5. The highest BCUT2D eigenvalue weighted by atomic mass is 16.5. The van der Waals surface area contributed by atoms with Crippen molar-refractivity contribution in [3.8, 4) is 0 Å². The van der Waals surface area contributed by atoms with E-state index < -0.39 is 0 Å². The van der Waals surface area contributed by atoms with Gasteiger partial charge in [-0.25, -0.2) is 4.79 Å². The number of benzene rings is 1. The number of carbonyl (C=O) groups is 1. The highest BCUT2D eigenvalue weighted by Gasteiger charge is 2.14. The quantitative estimate of drug-likeness (QED) is 0.591. The van der Waals surface area contributed by atoms with Crippen molar-refractivity contribution in [2.24, 2.45) is 0 Å². The van der Waals surface area contributed by atoms with Crippen molar-refractivity contribution >= 4 is 17.7 Å². The van der Waals surface area contributed by atoms with Gasteiger partial charge in [0.2, 0.25) is 0 Å². The van der Waals surface area contributed by atoms with E-state index in [0.717, 1.165) is 18.7 Å². The lowest BCUT2D eigenvalue weighted by Gasteiger charge is -2.19. The lowest BCUT2D eigenvalue weighted by atomic mass is 10.1. The second kappa shape index (κ2) is 5.53. The molecule has 0 aliphatic carbocycles. The predicted molar refractivity (Wildman–Crippen MR) is 68.9 cm³/mol. The summed E-state index contributed by atoms with van der Waals surface area (Å²) in [4.78, 5) is 13.5. The first kappa shape index (κ1) is 11.7. The molecule has 0 amide bonds. The van der Waals surface area contributed by atoms with Gasteiger partial charge in [-0.05, 0) is 30.5 Å². The molecule has 1 aliphatic heterocycles. The third-order valence-electron chi connectivity index (χ3n) is 2.98. The molecule has 0 radical (unpaired) electrons. The molecule has 17 heavy (non-hydrogen) atoms. The van der Waals surface area contributed by atoms with E-state index >= 15 is 0 Å². The van der Waals surface area contributed by atoms with Crippen LogP contribution in [0.4, 0.5) is 5.69 Å². The van der Waals surface area contributed by atoms with Crippen molar-refractivity contribution < 1.29 is 9.53 Å². The molecule has 0 unspecified atom stereocenters. The highest BCUT2D eigenvalue weighted by molar-refractivity contribution is 5.88. The number of hydrogen-bond acceptors (Lipinski definition) is 3. The maximum absolute atomic E-state index is 11.1. The minimum absolute atomic E-state index is 0.318. The maximum Gasteiger partial charge on any atom is 0.330 e. The Morgan fingerprint density at radius 1 is 1.29 bits per heavy atom. The summed E-state index contributed by atoms with van der Waals surface area (Å²) in [6, 6.07) is 8.13. The first-order valence-electron chi connectivity index (χ1n) is 5.91. The fourth-order valence-corrected chi connectivity index (χ4v) is 2.10. The predicted octanol–water partition coefficient (Wildman–Crippen LogP) is 2.47. The van der Waals surface area contributed by atoms with E-state index in [0.29, 0.717) is 0 Å². The van der Waals surface area contributed by atoms with Crippen molar-refractivity contribution in [3.63, 3.8) is 0 Å². The van der Waals surface area contributed by atoms with Crippen LogP contribution in [0.5, 0.6) is 0 Å². The minimum Gasteiger partial charge on any atom is -0.466 e. The van der Waals surface area contributed by atoms with Crippen molar-refractivity contribution in [1.82, 2.24) is 0 Å². The van der Waals surface area contributed by atoms with Crippen molar-refractivity contribution in [1.29, 1.82) is 0 Å². The first-order chi connectivity index (χ1) is 8.31. The monoisotopic (exact) mass is 231 g/mol. The van der Waals surface area contributed by atoms with Crippen LogP contribution in [0.3, 0.4) is 0 Å². The van der Waals surface area contributed by atoms with E-state index in [1.807, 2.05) is 24.3 Å². The Labute approximate surface area is 102 Å². The van der Waals surface area contributed by atoms with Gasteiger partial charge in [0, 0.05) is 24.9 Å². The summed E-state index contributed by atoms with van der Waals surface area (Å²) in [7, 11) is 1.39. The first-order valence-corrected chi connectivity index (χ1v) is 5.91. The zero-order chi connectivity index (χ0) is 12.1. The number of esters is 1. The third-order valence-corrected chi connectivity index (χ3v) is 2.98. The number of methoxy groups -OCH3 is 1. The molecule has 1 saturated heterocycles. The molecule has 1 heterocycles. The fourth-order valence-electron chi connectivity index (χ4n) is 2.10. The minimum atomic E-state index is -0.318. The SMILES string of the molecule is COC(=O)C=Cc1ccccc1N1CCCC1. The topological polar surface area (TPSA) is 29.5 Å². The van der Waals surface area contributed by atoms with Crippen LogP contribution < -0.4 is 4.90 Å². The highest BCUT2D eigenvalue weighted by Crippen LogP contribution is 2.25. The Morgan fingerprint density at radius 2 is 2.00 bits per heavy atom.